The van der Waals surface area contributed by atoms with Crippen LogP contribution < -0.4 is 10.1 Å². The number of methoxy groups -OCH3 is 1. The number of ether oxygens (including phenoxy) is 1. The predicted molar refractivity (Wildman–Crippen MR) is 84.6 cm³/mol. The number of benzene rings is 1. The minimum absolute atomic E-state index is 0.0596. The molecule has 0 spiro atoms. The first kappa shape index (κ1) is 18.4. The van der Waals surface area contributed by atoms with E-state index < -0.39 is 6.10 Å². The van der Waals surface area contributed by atoms with Gasteiger partial charge in [0.25, 0.3) is 0 Å². The molecule has 6 heteroatoms. The fraction of sp³-hybridized carbons (Fsp3) is 0.562. The SMILES string of the molecule is COc1cccc(CNC(=O)CN(C[C@@H](C)O)[C@H](C)CO)c1. The Morgan fingerprint density at radius 1 is 1.41 bits per heavy atom. The summed E-state index contributed by atoms with van der Waals surface area (Å²) in [6, 6.07) is 7.31. The summed E-state index contributed by atoms with van der Waals surface area (Å²) < 4.78 is 5.14. The molecule has 3 N–H and O–H groups in total. The summed E-state index contributed by atoms with van der Waals surface area (Å²) in [4.78, 5) is 13.8. The molecule has 2 atom stereocenters. The van der Waals surface area contributed by atoms with Gasteiger partial charge in [0.2, 0.25) is 5.91 Å². The molecular weight excluding hydrogens is 284 g/mol. The second-order valence-electron chi connectivity index (χ2n) is 5.44. The van der Waals surface area contributed by atoms with Gasteiger partial charge in [-0.3, -0.25) is 9.69 Å². The highest BCUT2D eigenvalue weighted by molar-refractivity contribution is 5.78. The molecule has 124 valence electrons. The molecule has 0 aromatic heterocycles. The molecular formula is C16H26N2O4. The lowest BCUT2D eigenvalue weighted by Gasteiger charge is -2.28. The van der Waals surface area contributed by atoms with Crippen molar-refractivity contribution >= 4 is 5.91 Å². The van der Waals surface area contributed by atoms with Crippen LogP contribution in [0.25, 0.3) is 0 Å². The molecule has 0 bridgehead atoms. The van der Waals surface area contributed by atoms with E-state index in [2.05, 4.69) is 5.32 Å². The lowest BCUT2D eigenvalue weighted by molar-refractivity contribution is -0.123. The van der Waals surface area contributed by atoms with E-state index >= 15 is 0 Å². The van der Waals surface area contributed by atoms with Gasteiger partial charge in [-0.1, -0.05) is 12.1 Å². The zero-order chi connectivity index (χ0) is 16.5. The predicted octanol–water partition coefficient (Wildman–Crippen LogP) is 0.375. The van der Waals surface area contributed by atoms with Crippen molar-refractivity contribution in [1.82, 2.24) is 10.2 Å². The van der Waals surface area contributed by atoms with Crippen molar-refractivity contribution in [2.75, 3.05) is 26.8 Å². The molecule has 0 unspecified atom stereocenters. The molecule has 0 saturated heterocycles. The fourth-order valence-corrected chi connectivity index (χ4v) is 2.08. The molecule has 6 nitrogen and oxygen atoms in total. The van der Waals surface area contributed by atoms with E-state index in [-0.39, 0.29) is 25.1 Å². The van der Waals surface area contributed by atoms with Gasteiger partial charge in [0.1, 0.15) is 5.75 Å². The van der Waals surface area contributed by atoms with Crippen molar-refractivity contribution in [1.29, 1.82) is 0 Å². The van der Waals surface area contributed by atoms with Crippen molar-refractivity contribution in [2.24, 2.45) is 0 Å². The van der Waals surface area contributed by atoms with Gasteiger partial charge in [0, 0.05) is 19.1 Å². The summed E-state index contributed by atoms with van der Waals surface area (Å²) >= 11 is 0. The van der Waals surface area contributed by atoms with Gasteiger partial charge >= 0.3 is 0 Å². The number of hydrogen-bond acceptors (Lipinski definition) is 5. The quantitative estimate of drug-likeness (QED) is 0.614. The first-order valence-electron chi connectivity index (χ1n) is 7.38. The number of carbonyl (C=O) groups excluding carboxylic acids is 1. The Labute approximate surface area is 131 Å². The standard InChI is InChI=1S/C16H26N2O4/c1-12(11-19)18(9-13(2)20)10-16(21)17-8-14-5-4-6-15(7-14)22-3/h4-7,12-13,19-20H,8-11H2,1-3H3,(H,17,21)/t12-,13-/m1/s1. The summed E-state index contributed by atoms with van der Waals surface area (Å²) in [6.07, 6.45) is -0.555. The van der Waals surface area contributed by atoms with Crippen molar-refractivity contribution in [3.8, 4) is 5.75 Å². The summed E-state index contributed by atoms with van der Waals surface area (Å²) in [5, 5.41) is 21.5. The van der Waals surface area contributed by atoms with E-state index in [9.17, 15) is 15.0 Å². The molecule has 0 radical (unpaired) electrons. The smallest absolute Gasteiger partial charge is 0.234 e. The third-order valence-corrected chi connectivity index (χ3v) is 3.36. The highest BCUT2D eigenvalue weighted by atomic mass is 16.5. The average Bonchev–Trinajstić information content (AvgIpc) is 2.51. The van der Waals surface area contributed by atoms with Crippen LogP contribution in [0.1, 0.15) is 19.4 Å². The maximum atomic E-state index is 12.0. The Hall–Kier alpha value is -1.63. The highest BCUT2D eigenvalue weighted by Crippen LogP contribution is 2.12. The van der Waals surface area contributed by atoms with E-state index in [1.807, 2.05) is 31.2 Å². The molecule has 0 heterocycles. The van der Waals surface area contributed by atoms with Crippen LogP contribution in [-0.2, 0) is 11.3 Å². The zero-order valence-electron chi connectivity index (χ0n) is 13.5. The Morgan fingerprint density at radius 2 is 2.14 bits per heavy atom. The molecule has 1 aromatic carbocycles. The monoisotopic (exact) mass is 310 g/mol. The van der Waals surface area contributed by atoms with Gasteiger partial charge in [-0.25, -0.2) is 0 Å². The maximum absolute atomic E-state index is 12.0. The highest BCUT2D eigenvalue weighted by Gasteiger charge is 2.18. The summed E-state index contributed by atoms with van der Waals surface area (Å²) in [6.45, 7) is 4.30. The number of aliphatic hydroxyl groups excluding tert-OH is 2. The van der Waals surface area contributed by atoms with Gasteiger partial charge in [0.05, 0.1) is 26.4 Å². The summed E-state index contributed by atoms with van der Waals surface area (Å²) in [5.74, 6) is 0.597. The van der Waals surface area contributed by atoms with Crippen LogP contribution in [0.15, 0.2) is 24.3 Å². The van der Waals surface area contributed by atoms with Gasteiger partial charge in [-0.2, -0.15) is 0 Å². The van der Waals surface area contributed by atoms with Crippen molar-refractivity contribution < 1.29 is 19.7 Å². The Morgan fingerprint density at radius 3 is 2.73 bits per heavy atom. The van der Waals surface area contributed by atoms with Gasteiger partial charge < -0.3 is 20.3 Å². The normalized spacial score (nSPS) is 13.7. The zero-order valence-corrected chi connectivity index (χ0v) is 13.5. The summed E-state index contributed by atoms with van der Waals surface area (Å²) in [7, 11) is 1.60. The third-order valence-electron chi connectivity index (χ3n) is 3.36. The number of carbonyl (C=O) groups is 1. The van der Waals surface area contributed by atoms with E-state index in [0.29, 0.717) is 13.1 Å². The van der Waals surface area contributed by atoms with Crippen molar-refractivity contribution in [2.45, 2.75) is 32.5 Å². The average molecular weight is 310 g/mol. The summed E-state index contributed by atoms with van der Waals surface area (Å²) in [5.41, 5.74) is 0.949. The molecule has 0 saturated carbocycles. The number of rotatable bonds is 9. The molecule has 0 aliphatic heterocycles. The lowest BCUT2D eigenvalue weighted by atomic mass is 10.2. The molecule has 0 aliphatic carbocycles. The lowest BCUT2D eigenvalue weighted by Crippen LogP contribution is -2.46. The molecule has 0 aliphatic rings. The van der Waals surface area contributed by atoms with E-state index in [1.165, 1.54) is 0 Å². The molecule has 22 heavy (non-hydrogen) atoms. The fourth-order valence-electron chi connectivity index (χ4n) is 2.08. The molecule has 0 fully saturated rings. The number of nitrogens with zero attached hydrogens (tertiary/aromatic N) is 1. The van der Waals surface area contributed by atoms with E-state index in [0.717, 1.165) is 11.3 Å². The van der Waals surface area contributed by atoms with Crippen LogP contribution in [0.2, 0.25) is 0 Å². The molecule has 1 amide bonds. The van der Waals surface area contributed by atoms with Crippen LogP contribution in [0.3, 0.4) is 0 Å². The van der Waals surface area contributed by atoms with Gasteiger partial charge in [-0.05, 0) is 31.5 Å². The number of amides is 1. The minimum atomic E-state index is -0.555. The van der Waals surface area contributed by atoms with Crippen molar-refractivity contribution in [3.63, 3.8) is 0 Å². The van der Waals surface area contributed by atoms with Crippen LogP contribution in [0.5, 0.6) is 5.75 Å². The minimum Gasteiger partial charge on any atom is -0.497 e. The second kappa shape index (κ2) is 9.40. The Balaban J connectivity index is 2.52. The Bertz CT molecular complexity index is 465. The van der Waals surface area contributed by atoms with Crippen LogP contribution in [0, 0.1) is 0 Å². The Kier molecular flexibility index (Phi) is 7.87. The van der Waals surface area contributed by atoms with E-state index in [4.69, 9.17) is 4.74 Å². The first-order chi connectivity index (χ1) is 10.5. The molecule has 1 rings (SSSR count). The van der Waals surface area contributed by atoms with E-state index in [1.54, 1.807) is 18.9 Å². The largest absolute Gasteiger partial charge is 0.497 e. The second-order valence-corrected chi connectivity index (χ2v) is 5.44. The maximum Gasteiger partial charge on any atom is 0.234 e. The topological polar surface area (TPSA) is 82.0 Å². The van der Waals surface area contributed by atoms with Crippen molar-refractivity contribution in [3.05, 3.63) is 29.8 Å². The first-order valence-corrected chi connectivity index (χ1v) is 7.38. The number of hydrogen-bond donors (Lipinski definition) is 3. The van der Waals surface area contributed by atoms with Crippen LogP contribution in [0.4, 0.5) is 0 Å². The van der Waals surface area contributed by atoms with Gasteiger partial charge in [0.15, 0.2) is 0 Å². The van der Waals surface area contributed by atoms with Crippen LogP contribution in [-0.4, -0.2) is 60.0 Å². The van der Waals surface area contributed by atoms with Crippen LogP contribution >= 0.6 is 0 Å². The number of aliphatic hydroxyl groups is 2. The number of nitrogens with one attached hydrogen (secondary N) is 1. The third kappa shape index (κ3) is 6.43. The van der Waals surface area contributed by atoms with Gasteiger partial charge in [-0.15, -0.1) is 0 Å². The molecule has 1 aromatic rings.